The molecule has 0 aromatic heterocycles. The Labute approximate surface area is 111 Å². The van der Waals surface area contributed by atoms with E-state index in [0.29, 0.717) is 0 Å². The molecule has 1 aromatic rings. The molecule has 1 N–H and O–H groups in total. The van der Waals surface area contributed by atoms with Crippen LogP contribution in [0.2, 0.25) is 0 Å². The van der Waals surface area contributed by atoms with Crippen molar-refractivity contribution < 1.29 is 9.18 Å². The van der Waals surface area contributed by atoms with Gasteiger partial charge in [0, 0.05) is 11.6 Å². The van der Waals surface area contributed by atoms with Gasteiger partial charge in [0.1, 0.15) is 17.5 Å². The first-order valence-electron chi connectivity index (χ1n) is 6.38. The standard InChI is InChI=1S/C15H15FN2O/c16-14-8-4-1-5-11(14)9-12(10-17)15(19)18-13-6-2-3-7-13/h1,4-5,8-9,13H,2-3,6-7H2,(H,18,19). The zero-order valence-corrected chi connectivity index (χ0v) is 10.5. The molecule has 2 rings (SSSR count). The number of hydrogen-bond donors (Lipinski definition) is 1. The van der Waals surface area contributed by atoms with Gasteiger partial charge in [0.2, 0.25) is 0 Å². The van der Waals surface area contributed by atoms with E-state index in [9.17, 15) is 9.18 Å². The molecule has 1 fully saturated rings. The van der Waals surface area contributed by atoms with Crippen molar-refractivity contribution in [1.29, 1.82) is 5.26 Å². The van der Waals surface area contributed by atoms with Gasteiger partial charge in [-0.3, -0.25) is 4.79 Å². The lowest BCUT2D eigenvalue weighted by Crippen LogP contribution is -2.33. The Balaban J connectivity index is 2.13. The van der Waals surface area contributed by atoms with E-state index < -0.39 is 11.7 Å². The highest BCUT2D eigenvalue weighted by Crippen LogP contribution is 2.18. The van der Waals surface area contributed by atoms with Gasteiger partial charge >= 0.3 is 0 Å². The molecule has 0 spiro atoms. The summed E-state index contributed by atoms with van der Waals surface area (Å²) in [6.07, 6.45) is 5.39. The maximum Gasteiger partial charge on any atom is 0.262 e. The van der Waals surface area contributed by atoms with Crippen molar-refractivity contribution in [1.82, 2.24) is 5.32 Å². The quantitative estimate of drug-likeness (QED) is 0.669. The molecule has 0 unspecified atom stereocenters. The van der Waals surface area contributed by atoms with Crippen LogP contribution in [0.15, 0.2) is 29.8 Å². The van der Waals surface area contributed by atoms with E-state index in [2.05, 4.69) is 5.32 Å². The van der Waals surface area contributed by atoms with Gasteiger partial charge in [0.15, 0.2) is 0 Å². The number of carbonyl (C=O) groups excluding carboxylic acids is 1. The van der Waals surface area contributed by atoms with E-state index in [1.807, 2.05) is 6.07 Å². The molecule has 0 bridgehead atoms. The number of hydrogen-bond acceptors (Lipinski definition) is 2. The summed E-state index contributed by atoms with van der Waals surface area (Å²) in [5.41, 5.74) is 0.192. The van der Waals surface area contributed by atoms with Gasteiger partial charge in [0.05, 0.1) is 0 Å². The van der Waals surface area contributed by atoms with E-state index in [1.165, 1.54) is 18.2 Å². The number of carbonyl (C=O) groups is 1. The molecule has 1 saturated carbocycles. The van der Waals surface area contributed by atoms with Crippen molar-refractivity contribution in [2.24, 2.45) is 0 Å². The van der Waals surface area contributed by atoms with E-state index >= 15 is 0 Å². The van der Waals surface area contributed by atoms with Crippen LogP contribution in [-0.4, -0.2) is 11.9 Å². The van der Waals surface area contributed by atoms with Gasteiger partial charge in [-0.15, -0.1) is 0 Å². The number of nitrogens with one attached hydrogen (secondary N) is 1. The molecule has 1 amide bonds. The Kier molecular flexibility index (Phi) is 4.30. The van der Waals surface area contributed by atoms with Crippen LogP contribution in [0.4, 0.5) is 4.39 Å². The summed E-state index contributed by atoms with van der Waals surface area (Å²) in [7, 11) is 0. The van der Waals surface area contributed by atoms with Crippen molar-refractivity contribution in [3.63, 3.8) is 0 Å². The molecule has 4 heteroatoms. The fourth-order valence-electron chi connectivity index (χ4n) is 2.23. The van der Waals surface area contributed by atoms with Gasteiger partial charge in [0.25, 0.3) is 5.91 Å². The molecule has 0 atom stereocenters. The summed E-state index contributed by atoms with van der Waals surface area (Å²) >= 11 is 0. The molecular weight excluding hydrogens is 243 g/mol. The zero-order valence-electron chi connectivity index (χ0n) is 10.5. The van der Waals surface area contributed by atoms with Crippen LogP contribution in [0.5, 0.6) is 0 Å². The third-order valence-corrected chi connectivity index (χ3v) is 3.26. The highest BCUT2D eigenvalue weighted by atomic mass is 19.1. The largest absolute Gasteiger partial charge is 0.349 e. The summed E-state index contributed by atoms with van der Waals surface area (Å²) < 4.78 is 13.5. The predicted octanol–water partition coefficient (Wildman–Crippen LogP) is 2.79. The Bertz CT molecular complexity index is 539. The van der Waals surface area contributed by atoms with Crippen LogP contribution >= 0.6 is 0 Å². The van der Waals surface area contributed by atoms with E-state index in [0.717, 1.165) is 25.7 Å². The number of benzene rings is 1. The summed E-state index contributed by atoms with van der Waals surface area (Å²) in [5.74, 6) is -0.860. The lowest BCUT2D eigenvalue weighted by molar-refractivity contribution is -0.117. The second-order valence-electron chi connectivity index (χ2n) is 4.65. The van der Waals surface area contributed by atoms with E-state index in [1.54, 1.807) is 12.1 Å². The SMILES string of the molecule is N#CC(=Cc1ccccc1F)C(=O)NC1CCCC1. The molecule has 3 nitrogen and oxygen atoms in total. The van der Waals surface area contributed by atoms with Crippen molar-refractivity contribution in [3.05, 3.63) is 41.2 Å². The minimum atomic E-state index is -0.441. The van der Waals surface area contributed by atoms with Crippen molar-refractivity contribution in [2.75, 3.05) is 0 Å². The fraction of sp³-hybridized carbons (Fsp3) is 0.333. The first-order valence-corrected chi connectivity index (χ1v) is 6.38. The summed E-state index contributed by atoms with van der Waals surface area (Å²) in [5, 5.41) is 11.8. The predicted molar refractivity (Wildman–Crippen MR) is 70.4 cm³/mol. The number of halogens is 1. The minimum absolute atomic E-state index is 0.0583. The number of rotatable bonds is 3. The van der Waals surface area contributed by atoms with Crippen molar-refractivity contribution in [2.45, 2.75) is 31.7 Å². The first-order chi connectivity index (χ1) is 9.20. The maximum absolute atomic E-state index is 13.5. The summed E-state index contributed by atoms with van der Waals surface area (Å²) in [4.78, 5) is 11.9. The Morgan fingerprint density at radius 3 is 2.68 bits per heavy atom. The minimum Gasteiger partial charge on any atom is -0.349 e. The molecule has 19 heavy (non-hydrogen) atoms. The van der Waals surface area contributed by atoms with Gasteiger partial charge in [-0.05, 0) is 25.0 Å². The van der Waals surface area contributed by atoms with Gasteiger partial charge in [-0.1, -0.05) is 31.0 Å². The Morgan fingerprint density at radius 1 is 1.37 bits per heavy atom. The lowest BCUT2D eigenvalue weighted by Gasteiger charge is -2.10. The number of amides is 1. The third kappa shape index (κ3) is 3.41. The lowest BCUT2D eigenvalue weighted by atomic mass is 10.1. The number of nitriles is 1. The molecular formula is C15H15FN2O. The smallest absolute Gasteiger partial charge is 0.262 e. The Morgan fingerprint density at radius 2 is 2.05 bits per heavy atom. The molecule has 0 heterocycles. The average molecular weight is 258 g/mol. The average Bonchev–Trinajstić information content (AvgIpc) is 2.90. The monoisotopic (exact) mass is 258 g/mol. The van der Waals surface area contributed by atoms with Crippen LogP contribution in [0.1, 0.15) is 31.2 Å². The van der Waals surface area contributed by atoms with Crippen LogP contribution in [0, 0.1) is 17.1 Å². The second-order valence-corrected chi connectivity index (χ2v) is 4.65. The highest BCUT2D eigenvalue weighted by molar-refractivity contribution is 6.01. The van der Waals surface area contributed by atoms with Gasteiger partial charge in [-0.25, -0.2) is 4.39 Å². The van der Waals surface area contributed by atoms with Crippen LogP contribution in [0.25, 0.3) is 6.08 Å². The fourth-order valence-corrected chi connectivity index (χ4v) is 2.23. The van der Waals surface area contributed by atoms with E-state index in [4.69, 9.17) is 5.26 Å². The summed E-state index contributed by atoms with van der Waals surface area (Å²) in [6, 6.07) is 8.05. The number of nitrogens with zero attached hydrogens (tertiary/aromatic N) is 1. The molecule has 1 aromatic carbocycles. The molecule has 1 aliphatic rings. The second kappa shape index (κ2) is 6.14. The highest BCUT2D eigenvalue weighted by Gasteiger charge is 2.19. The third-order valence-electron chi connectivity index (χ3n) is 3.26. The van der Waals surface area contributed by atoms with Gasteiger partial charge < -0.3 is 5.32 Å². The van der Waals surface area contributed by atoms with Crippen molar-refractivity contribution in [3.8, 4) is 6.07 Å². The molecule has 0 radical (unpaired) electrons. The molecule has 1 aliphatic carbocycles. The normalized spacial score (nSPS) is 16.1. The molecule has 0 aliphatic heterocycles. The van der Waals surface area contributed by atoms with Crippen LogP contribution in [-0.2, 0) is 4.79 Å². The topological polar surface area (TPSA) is 52.9 Å². The van der Waals surface area contributed by atoms with Crippen LogP contribution < -0.4 is 5.32 Å². The van der Waals surface area contributed by atoms with Gasteiger partial charge in [-0.2, -0.15) is 5.26 Å². The van der Waals surface area contributed by atoms with Crippen molar-refractivity contribution >= 4 is 12.0 Å². The summed E-state index contributed by atoms with van der Waals surface area (Å²) in [6.45, 7) is 0. The maximum atomic E-state index is 13.5. The van der Waals surface area contributed by atoms with Crippen LogP contribution in [0.3, 0.4) is 0 Å². The molecule has 0 saturated heterocycles. The molecule has 98 valence electrons. The van der Waals surface area contributed by atoms with E-state index in [-0.39, 0.29) is 17.2 Å². The Hall–Kier alpha value is -2.15. The zero-order chi connectivity index (χ0) is 13.7. The first kappa shape index (κ1) is 13.3.